The van der Waals surface area contributed by atoms with Crippen LogP contribution in [0.15, 0.2) is 0 Å². The van der Waals surface area contributed by atoms with E-state index in [2.05, 4.69) is 39.2 Å². The minimum Gasteiger partial charge on any atom is -0.465 e. The molecule has 0 saturated carbocycles. The Bertz CT molecular complexity index is 496. The lowest BCUT2D eigenvalue weighted by Gasteiger charge is -2.43. The molecule has 1 fully saturated rings. The van der Waals surface area contributed by atoms with Gasteiger partial charge in [-0.05, 0) is 45.3 Å². The first kappa shape index (κ1) is 21.8. The summed E-state index contributed by atoms with van der Waals surface area (Å²) in [6.07, 6.45) is -1.18. The van der Waals surface area contributed by atoms with Crippen molar-refractivity contribution in [2.45, 2.75) is 83.8 Å². The molecule has 25 heavy (non-hydrogen) atoms. The number of rotatable bonds is 3. The van der Waals surface area contributed by atoms with Gasteiger partial charge in [0.2, 0.25) is 0 Å². The Morgan fingerprint density at radius 2 is 1.68 bits per heavy atom. The zero-order valence-corrected chi connectivity index (χ0v) is 17.8. The summed E-state index contributed by atoms with van der Waals surface area (Å²) in [4.78, 5) is 24.8. The molecule has 0 aromatic carbocycles. The van der Waals surface area contributed by atoms with Gasteiger partial charge in [-0.25, -0.2) is 9.59 Å². The number of piperidine rings is 1. The first-order chi connectivity index (χ1) is 11.1. The molecule has 7 nitrogen and oxygen atoms in total. The summed E-state index contributed by atoms with van der Waals surface area (Å²) in [6, 6.07) is -0.325. The van der Waals surface area contributed by atoms with E-state index in [9.17, 15) is 14.7 Å². The molecular formula is C17H34N2O5Si. The predicted molar refractivity (Wildman–Crippen MR) is 99.4 cm³/mol. The maximum Gasteiger partial charge on any atom is 0.407 e. The molecule has 0 radical (unpaired) electrons. The zero-order valence-electron chi connectivity index (χ0n) is 16.8. The summed E-state index contributed by atoms with van der Waals surface area (Å²) in [7, 11) is -2.03. The van der Waals surface area contributed by atoms with Gasteiger partial charge in [0.15, 0.2) is 8.32 Å². The number of ether oxygens (including phenoxy) is 1. The van der Waals surface area contributed by atoms with Crippen LogP contribution in [0.25, 0.3) is 0 Å². The van der Waals surface area contributed by atoms with E-state index in [-0.39, 0.29) is 23.7 Å². The van der Waals surface area contributed by atoms with Crippen molar-refractivity contribution in [1.29, 1.82) is 0 Å². The molecule has 8 heteroatoms. The molecule has 0 aromatic heterocycles. The molecule has 1 aliphatic rings. The van der Waals surface area contributed by atoms with Crippen molar-refractivity contribution in [3.63, 3.8) is 0 Å². The van der Waals surface area contributed by atoms with Crippen LogP contribution in [0.3, 0.4) is 0 Å². The van der Waals surface area contributed by atoms with Crippen LogP contribution in [-0.4, -0.2) is 61.3 Å². The van der Waals surface area contributed by atoms with Crippen LogP contribution in [-0.2, 0) is 9.16 Å². The number of nitrogens with one attached hydrogen (secondary N) is 1. The Kier molecular flexibility index (Phi) is 6.55. The number of amides is 2. The molecule has 0 aromatic rings. The lowest BCUT2D eigenvalue weighted by Crippen LogP contribution is -2.57. The summed E-state index contributed by atoms with van der Waals surface area (Å²) in [5.74, 6) is 0. The van der Waals surface area contributed by atoms with Crippen molar-refractivity contribution in [2.24, 2.45) is 0 Å². The average molecular weight is 375 g/mol. The first-order valence-corrected chi connectivity index (χ1v) is 11.7. The van der Waals surface area contributed by atoms with Gasteiger partial charge in [-0.15, -0.1) is 0 Å². The number of hydrogen-bond acceptors (Lipinski definition) is 4. The maximum absolute atomic E-state index is 12.0. The standard InChI is InChI=1S/C17H34N2O5Si/c1-16(2,3)23-14(20)18-12-9-13(11-19(10-12)15(21)22)24-25(7,8)17(4,5)6/h12-13H,9-11H2,1-8H3,(H,18,20)(H,21,22). The molecule has 0 spiro atoms. The molecule has 1 rings (SSSR count). The van der Waals surface area contributed by atoms with Crippen LogP contribution in [0.4, 0.5) is 9.59 Å². The molecule has 1 aliphatic heterocycles. The van der Waals surface area contributed by atoms with Gasteiger partial charge in [0, 0.05) is 13.1 Å². The summed E-state index contributed by atoms with van der Waals surface area (Å²) >= 11 is 0. The SMILES string of the molecule is CC(C)(C)OC(=O)NC1CC(O[Si](C)(C)C(C)(C)C)CN(C(=O)O)C1. The number of carbonyl (C=O) groups is 2. The average Bonchev–Trinajstić information content (AvgIpc) is 2.33. The van der Waals surface area contributed by atoms with Crippen LogP contribution >= 0.6 is 0 Å². The largest absolute Gasteiger partial charge is 0.465 e. The van der Waals surface area contributed by atoms with E-state index in [1.165, 1.54) is 4.90 Å². The zero-order chi connectivity index (χ0) is 19.6. The molecule has 2 atom stereocenters. The second kappa shape index (κ2) is 7.53. The second-order valence-corrected chi connectivity index (χ2v) is 14.0. The molecule has 2 amide bonds. The van der Waals surface area contributed by atoms with Gasteiger partial charge in [0.05, 0.1) is 12.1 Å². The van der Waals surface area contributed by atoms with Crippen LogP contribution in [0.1, 0.15) is 48.0 Å². The molecule has 1 heterocycles. The number of carboxylic acid groups (broad SMARTS) is 1. The van der Waals surface area contributed by atoms with E-state index >= 15 is 0 Å². The maximum atomic E-state index is 12.0. The minimum atomic E-state index is -2.03. The van der Waals surface area contributed by atoms with Crippen molar-refractivity contribution in [3.05, 3.63) is 0 Å². The fraction of sp³-hybridized carbons (Fsp3) is 0.882. The highest BCUT2D eigenvalue weighted by Crippen LogP contribution is 2.38. The normalized spacial score (nSPS) is 22.5. The van der Waals surface area contributed by atoms with E-state index in [1.54, 1.807) is 20.8 Å². The third-order valence-electron chi connectivity index (χ3n) is 4.67. The van der Waals surface area contributed by atoms with E-state index < -0.39 is 26.1 Å². The smallest absolute Gasteiger partial charge is 0.407 e. The van der Waals surface area contributed by atoms with Gasteiger partial charge in [0.25, 0.3) is 0 Å². The van der Waals surface area contributed by atoms with Gasteiger partial charge in [-0.3, -0.25) is 0 Å². The van der Waals surface area contributed by atoms with Crippen LogP contribution in [0.5, 0.6) is 0 Å². The van der Waals surface area contributed by atoms with Gasteiger partial charge in [-0.2, -0.15) is 0 Å². The second-order valence-electron chi connectivity index (χ2n) is 9.27. The van der Waals surface area contributed by atoms with E-state index in [0.717, 1.165) is 0 Å². The minimum absolute atomic E-state index is 0.0343. The quantitative estimate of drug-likeness (QED) is 0.736. The van der Waals surface area contributed by atoms with Gasteiger partial charge >= 0.3 is 12.2 Å². The Hall–Kier alpha value is -1.28. The van der Waals surface area contributed by atoms with E-state index in [0.29, 0.717) is 13.0 Å². The Labute approximate surface area is 152 Å². The fourth-order valence-electron chi connectivity index (χ4n) is 2.47. The van der Waals surface area contributed by atoms with Crippen molar-refractivity contribution in [1.82, 2.24) is 10.2 Å². The topological polar surface area (TPSA) is 88.1 Å². The molecule has 2 N–H and O–H groups in total. The lowest BCUT2D eigenvalue weighted by molar-refractivity contribution is 0.0341. The Morgan fingerprint density at radius 3 is 2.12 bits per heavy atom. The number of nitrogens with zero attached hydrogens (tertiary/aromatic N) is 1. The van der Waals surface area contributed by atoms with Crippen LogP contribution < -0.4 is 5.32 Å². The molecule has 0 aliphatic carbocycles. The van der Waals surface area contributed by atoms with Crippen molar-refractivity contribution in [3.8, 4) is 0 Å². The van der Waals surface area contributed by atoms with Crippen molar-refractivity contribution >= 4 is 20.5 Å². The number of carbonyl (C=O) groups excluding carboxylic acids is 1. The van der Waals surface area contributed by atoms with E-state index in [1.807, 2.05) is 0 Å². The molecule has 2 unspecified atom stereocenters. The molecule has 146 valence electrons. The first-order valence-electron chi connectivity index (χ1n) is 8.76. The van der Waals surface area contributed by atoms with Gasteiger partial charge in [-0.1, -0.05) is 20.8 Å². The molecule has 0 bridgehead atoms. The van der Waals surface area contributed by atoms with Crippen LogP contribution in [0, 0.1) is 0 Å². The van der Waals surface area contributed by atoms with E-state index in [4.69, 9.17) is 9.16 Å². The third-order valence-corrected chi connectivity index (χ3v) is 9.21. The molecule has 1 saturated heterocycles. The molecular weight excluding hydrogens is 340 g/mol. The van der Waals surface area contributed by atoms with Crippen molar-refractivity contribution in [2.75, 3.05) is 13.1 Å². The summed E-state index contributed by atoms with van der Waals surface area (Å²) < 4.78 is 11.7. The van der Waals surface area contributed by atoms with Gasteiger partial charge < -0.3 is 24.5 Å². The monoisotopic (exact) mass is 374 g/mol. The fourth-order valence-corrected chi connectivity index (χ4v) is 3.82. The van der Waals surface area contributed by atoms with Gasteiger partial charge in [0.1, 0.15) is 5.60 Å². The summed E-state index contributed by atoms with van der Waals surface area (Å²) in [5, 5.41) is 12.2. The Balaban J connectivity index is 2.81. The highest BCUT2D eigenvalue weighted by Gasteiger charge is 2.42. The summed E-state index contributed by atoms with van der Waals surface area (Å²) in [6.45, 7) is 16.7. The lowest BCUT2D eigenvalue weighted by atomic mass is 10.0. The van der Waals surface area contributed by atoms with Crippen molar-refractivity contribution < 1.29 is 23.9 Å². The third kappa shape index (κ3) is 6.85. The van der Waals surface area contributed by atoms with Crippen LogP contribution in [0.2, 0.25) is 18.1 Å². The Morgan fingerprint density at radius 1 is 1.12 bits per heavy atom. The number of likely N-dealkylation sites (tertiary alicyclic amines) is 1. The number of hydrogen-bond donors (Lipinski definition) is 2. The predicted octanol–water partition coefficient (Wildman–Crippen LogP) is 3.65. The summed E-state index contributed by atoms with van der Waals surface area (Å²) in [5.41, 5.74) is -0.595. The highest BCUT2D eigenvalue weighted by atomic mass is 28.4. The number of alkyl carbamates (subject to hydrolysis) is 1. The highest BCUT2D eigenvalue weighted by molar-refractivity contribution is 6.74.